The highest BCUT2D eigenvalue weighted by Gasteiger charge is 2.38. The number of benzene rings is 1. The first kappa shape index (κ1) is 23.5. The van der Waals surface area contributed by atoms with Crippen molar-refractivity contribution in [3.05, 3.63) is 55.7 Å². The van der Waals surface area contributed by atoms with Crippen molar-refractivity contribution in [3.8, 4) is 5.75 Å². The Morgan fingerprint density at radius 3 is 2.52 bits per heavy atom. The molecule has 1 aromatic heterocycles. The van der Waals surface area contributed by atoms with Crippen LogP contribution in [0.4, 0.5) is 0 Å². The molecule has 176 valence electrons. The van der Waals surface area contributed by atoms with Crippen molar-refractivity contribution < 1.29 is 23.1 Å². The van der Waals surface area contributed by atoms with E-state index in [1.807, 2.05) is 0 Å². The van der Waals surface area contributed by atoms with Gasteiger partial charge in [0.05, 0.1) is 27.4 Å². The van der Waals surface area contributed by atoms with Crippen LogP contribution in [-0.2, 0) is 17.2 Å². The zero-order valence-electron chi connectivity index (χ0n) is 17.2. The maximum absolute atomic E-state index is 13.3. The molecule has 2 aliphatic rings. The van der Waals surface area contributed by atoms with E-state index < -0.39 is 39.9 Å². The number of fused-ring (bicyclic) bond motifs is 1. The fraction of sp³-hybridized carbons (Fsp3) is 0.400. The summed E-state index contributed by atoms with van der Waals surface area (Å²) < 4.78 is 23.3. The quantitative estimate of drug-likeness (QED) is 0.575. The van der Waals surface area contributed by atoms with Gasteiger partial charge < -0.3 is 19.5 Å². The third kappa shape index (κ3) is 4.32. The summed E-state index contributed by atoms with van der Waals surface area (Å²) in [5, 5.41) is 10.7. The third-order valence-corrected chi connectivity index (χ3v) is 7.01. The van der Waals surface area contributed by atoms with Crippen LogP contribution in [0.3, 0.4) is 0 Å². The molecule has 13 heteroatoms. The maximum atomic E-state index is 13.3. The molecule has 1 atom stereocenters. The molecular weight excluding hydrogens is 495 g/mol. The molecule has 2 aromatic rings. The predicted octanol–water partition coefficient (Wildman–Crippen LogP) is 1.30. The van der Waals surface area contributed by atoms with Crippen molar-refractivity contribution in [3.63, 3.8) is 0 Å². The Bertz CT molecular complexity index is 1250. The van der Waals surface area contributed by atoms with Gasteiger partial charge in [0.25, 0.3) is 11.8 Å². The summed E-state index contributed by atoms with van der Waals surface area (Å²) in [4.78, 5) is 45.5. The molecule has 0 saturated carbocycles. The maximum Gasteiger partial charge on any atom is 0.315 e. The molecule has 2 aliphatic heterocycles. The summed E-state index contributed by atoms with van der Waals surface area (Å²) in [6.45, 7) is 0.664. The number of aromatic nitrogens is 2. The van der Waals surface area contributed by atoms with Gasteiger partial charge in [-0.2, -0.15) is 4.98 Å². The number of thiol groups is 1. The van der Waals surface area contributed by atoms with Gasteiger partial charge >= 0.3 is 5.56 Å². The van der Waals surface area contributed by atoms with Gasteiger partial charge in [-0.15, -0.1) is 0 Å². The normalized spacial score (nSPS) is 18.2. The molecule has 0 unspecified atom stereocenters. The van der Waals surface area contributed by atoms with Gasteiger partial charge in [0.1, 0.15) is 16.5 Å². The van der Waals surface area contributed by atoms with E-state index in [-0.39, 0.29) is 52.5 Å². The Balaban J connectivity index is 1.74. The molecule has 0 spiro atoms. The number of nitrogens with zero attached hydrogens (tertiary/aromatic N) is 4. The van der Waals surface area contributed by atoms with Crippen molar-refractivity contribution in [1.82, 2.24) is 19.4 Å². The van der Waals surface area contributed by atoms with Crippen molar-refractivity contribution in [1.29, 1.82) is 0 Å². The summed E-state index contributed by atoms with van der Waals surface area (Å²) in [6, 6.07) is 4.10. The average molecular weight is 515 g/mol. The lowest BCUT2D eigenvalue weighted by molar-refractivity contribution is 0.0690. The third-order valence-electron chi connectivity index (χ3n) is 5.81. The largest absolute Gasteiger partial charge is 0.501 e. The molecular formula is C20H20Cl2N4O6S. The van der Waals surface area contributed by atoms with Crippen molar-refractivity contribution in [2.24, 2.45) is 0 Å². The van der Waals surface area contributed by atoms with E-state index in [0.29, 0.717) is 19.4 Å². The molecule has 0 aliphatic carbocycles. The van der Waals surface area contributed by atoms with Crippen molar-refractivity contribution in [2.75, 3.05) is 25.4 Å². The van der Waals surface area contributed by atoms with Gasteiger partial charge in [0.15, 0.2) is 5.69 Å². The van der Waals surface area contributed by atoms with Gasteiger partial charge in [-0.25, -0.2) is 8.42 Å². The first-order chi connectivity index (χ1) is 15.7. The number of hydrogen-bond donors (Lipinski definition) is 2. The van der Waals surface area contributed by atoms with Gasteiger partial charge in [-0.3, -0.25) is 14.4 Å². The van der Waals surface area contributed by atoms with Crippen LogP contribution in [0.15, 0.2) is 23.0 Å². The highest BCUT2D eigenvalue weighted by atomic mass is 35.5. The number of hydrogen-bond acceptors (Lipinski definition) is 7. The molecule has 4 rings (SSSR count). The van der Waals surface area contributed by atoms with E-state index in [0.717, 1.165) is 0 Å². The van der Waals surface area contributed by atoms with Gasteiger partial charge in [0.2, 0.25) is 5.75 Å². The van der Waals surface area contributed by atoms with E-state index in [2.05, 4.69) is 4.98 Å². The molecule has 1 aromatic carbocycles. The number of aromatic hydroxyl groups is 1. The van der Waals surface area contributed by atoms with Crippen LogP contribution in [0.25, 0.3) is 0 Å². The summed E-state index contributed by atoms with van der Waals surface area (Å²) in [5.74, 6) is -1.93. The highest BCUT2D eigenvalue weighted by Crippen LogP contribution is 2.36. The van der Waals surface area contributed by atoms with Crippen LogP contribution >= 0.6 is 23.2 Å². The minimum absolute atomic E-state index is 0.0537. The van der Waals surface area contributed by atoms with Gasteiger partial charge in [0, 0.05) is 26.2 Å². The topological polar surface area (TPSA) is 130 Å². The van der Waals surface area contributed by atoms with E-state index in [9.17, 15) is 27.9 Å². The number of carbonyl (C=O) groups is 2. The Hall–Kier alpha value is -2.63. The minimum atomic E-state index is -2.68. The summed E-state index contributed by atoms with van der Waals surface area (Å²) >= 11 is 12.4. The summed E-state index contributed by atoms with van der Waals surface area (Å²) in [5.41, 5.74) is -1.11. The Morgan fingerprint density at radius 1 is 1.15 bits per heavy atom. The molecule has 1 N–H and O–H groups in total. The second-order valence-corrected chi connectivity index (χ2v) is 9.65. The van der Waals surface area contributed by atoms with Crippen LogP contribution < -0.4 is 5.56 Å². The molecule has 33 heavy (non-hydrogen) atoms. The second-order valence-electron chi connectivity index (χ2n) is 7.73. The molecule has 10 nitrogen and oxygen atoms in total. The number of amides is 2. The monoisotopic (exact) mass is 514 g/mol. The number of carbonyl (C=O) groups excluding carboxylic acids is 2. The predicted molar refractivity (Wildman–Crippen MR) is 121 cm³/mol. The summed E-state index contributed by atoms with van der Waals surface area (Å²) in [6.07, 6.45) is 1.11. The molecule has 2 amide bonds. The molecule has 3 heterocycles. The molecule has 1 saturated heterocycles. The van der Waals surface area contributed by atoms with Crippen LogP contribution in [0.1, 0.15) is 45.6 Å². The molecule has 1 fully saturated rings. The van der Waals surface area contributed by atoms with Gasteiger partial charge in [-0.05, 0) is 25.0 Å². The Morgan fingerprint density at radius 2 is 1.85 bits per heavy atom. The first-order valence-corrected chi connectivity index (χ1v) is 12.3. The van der Waals surface area contributed by atoms with E-state index in [1.165, 1.54) is 14.4 Å². The Labute approximate surface area is 200 Å². The average Bonchev–Trinajstić information content (AvgIpc) is 3.25. The Kier molecular flexibility index (Phi) is 6.64. The van der Waals surface area contributed by atoms with Crippen molar-refractivity contribution >= 4 is 45.7 Å². The first-order valence-electron chi connectivity index (χ1n) is 10.2. The minimum Gasteiger partial charge on any atom is -0.501 e. The van der Waals surface area contributed by atoms with Crippen molar-refractivity contribution in [2.45, 2.75) is 25.4 Å². The summed E-state index contributed by atoms with van der Waals surface area (Å²) in [7, 11) is -2.68. The van der Waals surface area contributed by atoms with Gasteiger partial charge in [-0.1, -0.05) is 29.3 Å². The van der Waals surface area contributed by atoms with E-state index >= 15 is 0 Å². The standard InChI is InChI=1S/C20H20Cl2N4O6S/c21-11-3-1-4-12(22)14(11)19(29)25-6-2-5-13(25)17-23-18(28)16(27)15-20(30)24(7-8-26(15)17)9-10-33(31)32/h1,3-4,13,27,33H,2,5-10H2/t13-/m0/s1. The lowest BCUT2D eigenvalue weighted by atomic mass is 10.1. The zero-order chi connectivity index (χ0) is 23.9. The SMILES string of the molecule is O=C1c2c(O)c(=O)nc([C@@H]3CCCN3C(=O)c3c(Cl)cccc3Cl)n2CCN1CC[SH](=O)=O. The zero-order valence-corrected chi connectivity index (χ0v) is 19.6. The highest BCUT2D eigenvalue weighted by molar-refractivity contribution is 7.72. The van der Waals surface area contributed by atoms with E-state index in [4.69, 9.17) is 23.2 Å². The van der Waals surface area contributed by atoms with E-state index in [1.54, 1.807) is 18.2 Å². The number of rotatable bonds is 5. The molecule has 0 radical (unpaired) electrons. The fourth-order valence-corrected chi connectivity index (χ4v) is 5.23. The second kappa shape index (κ2) is 9.32. The molecule has 0 bridgehead atoms. The van der Waals surface area contributed by atoms with Crippen LogP contribution in [0.5, 0.6) is 5.75 Å². The number of halogens is 2. The van der Waals surface area contributed by atoms with Crippen LogP contribution in [0.2, 0.25) is 10.0 Å². The lowest BCUT2D eigenvalue weighted by Gasteiger charge is -2.33. The lowest BCUT2D eigenvalue weighted by Crippen LogP contribution is -2.45. The van der Waals surface area contributed by atoms with Crippen LogP contribution in [-0.4, -0.2) is 70.1 Å². The van der Waals surface area contributed by atoms with Crippen LogP contribution in [0, 0.1) is 0 Å². The smallest absolute Gasteiger partial charge is 0.315 e. The fourth-order valence-electron chi connectivity index (χ4n) is 4.27. The number of likely N-dealkylation sites (tertiary alicyclic amines) is 1.